The number of carbonyl (C=O) groups excluding carboxylic acids is 4. The van der Waals surface area contributed by atoms with Crippen molar-refractivity contribution in [3.05, 3.63) is 84.4 Å². The molecule has 0 bridgehead atoms. The van der Waals surface area contributed by atoms with E-state index in [4.69, 9.17) is 32.7 Å². The number of methoxy groups -OCH3 is 1. The van der Waals surface area contributed by atoms with Gasteiger partial charge in [0, 0.05) is 15.7 Å². The molecule has 1 aliphatic rings. The second kappa shape index (κ2) is 12.3. The Morgan fingerprint density at radius 3 is 2.52 bits per heavy atom. The quantitative estimate of drug-likeness (QED) is 0.181. The minimum absolute atomic E-state index is 0.260. The third-order valence-corrected chi connectivity index (χ3v) is 7.57. The Balaban J connectivity index is 1.57. The van der Waals surface area contributed by atoms with Crippen LogP contribution in [0.5, 0.6) is 11.5 Å². The first kappa shape index (κ1) is 29.4. The highest BCUT2D eigenvalue weighted by Crippen LogP contribution is 2.35. The van der Waals surface area contributed by atoms with Gasteiger partial charge in [-0.15, -0.1) is 0 Å². The first-order chi connectivity index (χ1) is 19.0. The Morgan fingerprint density at radius 2 is 1.82 bits per heavy atom. The Hall–Kier alpha value is -3.61. The van der Waals surface area contributed by atoms with Crippen molar-refractivity contribution in [2.75, 3.05) is 23.9 Å². The molecule has 0 atom stereocenters. The van der Waals surface area contributed by atoms with Crippen LogP contribution >= 0.6 is 45.8 Å². The summed E-state index contributed by atoms with van der Waals surface area (Å²) in [5, 5.41) is 5.81. The predicted molar refractivity (Wildman–Crippen MR) is 161 cm³/mol. The molecular formula is C28H22Cl2IN3O6. The van der Waals surface area contributed by atoms with E-state index >= 15 is 0 Å². The average molecular weight is 694 g/mol. The van der Waals surface area contributed by atoms with E-state index < -0.39 is 23.8 Å². The van der Waals surface area contributed by atoms with Crippen molar-refractivity contribution < 1.29 is 28.7 Å². The van der Waals surface area contributed by atoms with Crippen molar-refractivity contribution in [2.45, 2.75) is 13.8 Å². The number of amides is 5. The van der Waals surface area contributed by atoms with Crippen molar-refractivity contribution in [2.24, 2.45) is 0 Å². The molecule has 5 amide bonds. The Bertz CT molecular complexity index is 1590. The first-order valence-corrected chi connectivity index (χ1v) is 13.6. The fraction of sp³-hybridized carbons (Fsp3) is 0.143. The molecule has 4 rings (SSSR count). The second-order valence-electron chi connectivity index (χ2n) is 8.68. The molecule has 1 aliphatic heterocycles. The molecule has 0 aliphatic carbocycles. The van der Waals surface area contributed by atoms with E-state index in [0.29, 0.717) is 36.2 Å². The first-order valence-electron chi connectivity index (χ1n) is 11.7. The summed E-state index contributed by atoms with van der Waals surface area (Å²) in [7, 11) is 1.42. The largest absolute Gasteiger partial charge is 0.493 e. The van der Waals surface area contributed by atoms with E-state index in [1.165, 1.54) is 13.2 Å². The van der Waals surface area contributed by atoms with Crippen molar-refractivity contribution in [3.8, 4) is 11.5 Å². The van der Waals surface area contributed by atoms with E-state index in [2.05, 4.69) is 10.6 Å². The molecule has 0 saturated carbocycles. The number of halogens is 3. The molecule has 2 N–H and O–H groups in total. The smallest absolute Gasteiger partial charge is 0.335 e. The minimum atomic E-state index is -0.875. The van der Waals surface area contributed by atoms with Gasteiger partial charge in [0.1, 0.15) is 5.57 Å². The lowest BCUT2D eigenvalue weighted by atomic mass is 10.1. The highest BCUT2D eigenvalue weighted by atomic mass is 127. The topological polar surface area (TPSA) is 114 Å². The number of nitrogens with one attached hydrogen (secondary N) is 2. The second-order valence-corrected chi connectivity index (χ2v) is 10.7. The molecule has 3 aromatic rings. The van der Waals surface area contributed by atoms with Crippen LogP contribution in [0.15, 0.2) is 54.1 Å². The Kier molecular flexibility index (Phi) is 9.02. The SMILES string of the molecule is COc1cc(/C=C2/C(=O)NC(=O)N(c3cccc(Cl)c3C)C2=O)cc(I)c1OCC(=O)Nc1ccc(C)c(Cl)c1. The van der Waals surface area contributed by atoms with Crippen LogP contribution in [0.25, 0.3) is 6.08 Å². The van der Waals surface area contributed by atoms with Crippen LogP contribution < -0.4 is 25.0 Å². The molecule has 1 fully saturated rings. The number of anilines is 2. The highest BCUT2D eigenvalue weighted by molar-refractivity contribution is 14.1. The lowest BCUT2D eigenvalue weighted by molar-refractivity contribution is -0.122. The van der Waals surface area contributed by atoms with E-state index in [1.54, 1.807) is 55.5 Å². The van der Waals surface area contributed by atoms with Gasteiger partial charge in [0.25, 0.3) is 17.7 Å². The zero-order chi connectivity index (χ0) is 29.1. The lowest BCUT2D eigenvalue weighted by Gasteiger charge is -2.27. The Labute approximate surface area is 253 Å². The number of ether oxygens (including phenoxy) is 2. The van der Waals surface area contributed by atoms with Crippen molar-refractivity contribution >= 4 is 87.0 Å². The summed E-state index contributed by atoms with van der Waals surface area (Å²) >= 11 is 14.3. The summed E-state index contributed by atoms with van der Waals surface area (Å²) in [6.45, 7) is 3.21. The highest BCUT2D eigenvalue weighted by Gasteiger charge is 2.37. The maximum atomic E-state index is 13.3. The van der Waals surface area contributed by atoms with E-state index in [0.717, 1.165) is 10.5 Å². The van der Waals surface area contributed by atoms with E-state index in [9.17, 15) is 19.2 Å². The number of carbonyl (C=O) groups is 4. The summed E-state index contributed by atoms with van der Waals surface area (Å²) in [6, 6.07) is 12.3. The third kappa shape index (κ3) is 6.24. The molecule has 40 heavy (non-hydrogen) atoms. The molecule has 1 heterocycles. The maximum Gasteiger partial charge on any atom is 0.335 e. The molecule has 0 aromatic heterocycles. The fourth-order valence-corrected chi connectivity index (χ4v) is 4.98. The van der Waals surface area contributed by atoms with Crippen LogP contribution in [0.1, 0.15) is 16.7 Å². The molecule has 0 radical (unpaired) electrons. The number of urea groups is 1. The molecule has 12 heteroatoms. The normalized spacial score (nSPS) is 14.3. The summed E-state index contributed by atoms with van der Waals surface area (Å²) in [5.41, 5.74) is 2.36. The van der Waals surface area contributed by atoms with Gasteiger partial charge < -0.3 is 14.8 Å². The van der Waals surface area contributed by atoms with E-state index in [1.807, 2.05) is 29.5 Å². The van der Waals surface area contributed by atoms with Crippen molar-refractivity contribution in [3.63, 3.8) is 0 Å². The average Bonchev–Trinajstić information content (AvgIpc) is 2.90. The molecule has 0 spiro atoms. The van der Waals surface area contributed by atoms with Crippen molar-refractivity contribution in [1.82, 2.24) is 5.32 Å². The summed E-state index contributed by atoms with van der Waals surface area (Å²) < 4.78 is 11.7. The van der Waals surface area contributed by atoms with Gasteiger partial charge in [-0.05, 0) is 95.6 Å². The van der Waals surface area contributed by atoms with Crippen LogP contribution in [0.2, 0.25) is 10.0 Å². The van der Waals surface area contributed by atoms with Gasteiger partial charge >= 0.3 is 6.03 Å². The molecular weight excluding hydrogens is 672 g/mol. The summed E-state index contributed by atoms with van der Waals surface area (Å²) in [6.07, 6.45) is 1.35. The number of hydrogen-bond acceptors (Lipinski definition) is 6. The predicted octanol–water partition coefficient (Wildman–Crippen LogP) is 5.91. The molecule has 206 valence electrons. The van der Waals surface area contributed by atoms with Gasteiger partial charge in [0.2, 0.25) is 0 Å². The lowest BCUT2D eigenvalue weighted by Crippen LogP contribution is -2.54. The third-order valence-electron chi connectivity index (χ3n) is 5.95. The van der Waals surface area contributed by atoms with Gasteiger partial charge in [0.05, 0.1) is 16.4 Å². The fourth-order valence-electron chi connectivity index (χ4n) is 3.85. The van der Waals surface area contributed by atoms with Gasteiger partial charge in [0.15, 0.2) is 18.1 Å². The zero-order valence-electron chi connectivity index (χ0n) is 21.4. The van der Waals surface area contributed by atoms with Crippen LogP contribution in [-0.2, 0) is 14.4 Å². The van der Waals surface area contributed by atoms with Gasteiger partial charge in [-0.3, -0.25) is 19.7 Å². The van der Waals surface area contributed by atoms with Crippen LogP contribution in [-0.4, -0.2) is 37.5 Å². The number of barbiturate groups is 1. The van der Waals surface area contributed by atoms with Gasteiger partial charge in [-0.1, -0.05) is 35.3 Å². The summed E-state index contributed by atoms with van der Waals surface area (Å²) in [5.74, 6) is -1.48. The monoisotopic (exact) mass is 693 g/mol. The Morgan fingerprint density at radius 1 is 1.07 bits per heavy atom. The maximum absolute atomic E-state index is 13.3. The van der Waals surface area contributed by atoms with Gasteiger partial charge in [-0.2, -0.15) is 0 Å². The number of rotatable bonds is 7. The number of hydrogen-bond donors (Lipinski definition) is 2. The van der Waals surface area contributed by atoms with E-state index in [-0.39, 0.29) is 23.6 Å². The van der Waals surface area contributed by atoms with Crippen LogP contribution in [0.3, 0.4) is 0 Å². The molecule has 9 nitrogen and oxygen atoms in total. The number of nitrogens with zero attached hydrogens (tertiary/aromatic N) is 1. The molecule has 3 aromatic carbocycles. The van der Waals surface area contributed by atoms with Crippen LogP contribution in [0, 0.1) is 17.4 Å². The number of aryl methyl sites for hydroxylation is 1. The number of benzene rings is 3. The number of imide groups is 2. The minimum Gasteiger partial charge on any atom is -0.493 e. The van der Waals surface area contributed by atoms with Gasteiger partial charge in [-0.25, -0.2) is 9.69 Å². The van der Waals surface area contributed by atoms with Crippen molar-refractivity contribution in [1.29, 1.82) is 0 Å². The molecule has 1 saturated heterocycles. The summed E-state index contributed by atoms with van der Waals surface area (Å²) in [4.78, 5) is 51.9. The zero-order valence-corrected chi connectivity index (χ0v) is 25.1. The molecule has 0 unspecified atom stereocenters. The standard InChI is InChI=1S/C28H22Cl2IN3O6/c1-14-7-8-17(12-20(14)30)32-24(35)13-40-25-21(31)10-16(11-23(25)39-3)9-18-26(36)33-28(38)34(27(18)37)22-6-4-5-19(29)15(22)2/h4-12H,13H2,1-3H3,(H,32,35)(H,33,36,38)/b18-9-. The van der Waals surface area contributed by atoms with Crippen LogP contribution in [0.4, 0.5) is 16.2 Å².